The fourth-order valence-electron chi connectivity index (χ4n) is 2.64. The van der Waals surface area contributed by atoms with Crippen LogP contribution in [0.2, 0.25) is 0 Å². The molecule has 0 spiro atoms. The first-order valence-corrected chi connectivity index (χ1v) is 8.03. The summed E-state index contributed by atoms with van der Waals surface area (Å²) in [5, 5.41) is 7.88. The standard InChI is InChI=1S/C18H19N3O3/c1-11-7-16(21-24-11)23-14-4-3-12-8-13(20-15(12)9-14)10-19-17(22)18(2)5-6-18/h3-4,7-9,20H,5-6,10H2,1-2H3,(H,19,22). The van der Waals surface area contributed by atoms with Crippen LogP contribution < -0.4 is 10.1 Å². The Hall–Kier alpha value is -2.76. The minimum atomic E-state index is -0.150. The zero-order chi connectivity index (χ0) is 16.7. The average Bonchev–Trinajstić information content (AvgIpc) is 3.00. The first kappa shape index (κ1) is 14.8. The van der Waals surface area contributed by atoms with Crippen molar-refractivity contribution in [2.24, 2.45) is 5.41 Å². The third kappa shape index (κ3) is 2.87. The zero-order valence-corrected chi connectivity index (χ0v) is 13.7. The smallest absolute Gasteiger partial charge is 0.259 e. The van der Waals surface area contributed by atoms with Crippen molar-refractivity contribution in [2.75, 3.05) is 0 Å². The Morgan fingerprint density at radius 2 is 2.21 bits per heavy atom. The monoisotopic (exact) mass is 325 g/mol. The van der Waals surface area contributed by atoms with Gasteiger partial charge in [-0.1, -0.05) is 6.92 Å². The zero-order valence-electron chi connectivity index (χ0n) is 13.7. The molecule has 0 atom stereocenters. The van der Waals surface area contributed by atoms with Crippen LogP contribution >= 0.6 is 0 Å². The van der Waals surface area contributed by atoms with E-state index in [1.807, 2.05) is 38.1 Å². The van der Waals surface area contributed by atoms with Gasteiger partial charge in [0.1, 0.15) is 11.5 Å². The molecular formula is C18H19N3O3. The molecule has 1 fully saturated rings. The second kappa shape index (κ2) is 5.40. The predicted molar refractivity (Wildman–Crippen MR) is 88.8 cm³/mol. The average molecular weight is 325 g/mol. The highest BCUT2D eigenvalue weighted by Gasteiger charge is 2.44. The third-order valence-electron chi connectivity index (χ3n) is 4.47. The molecule has 2 N–H and O–H groups in total. The molecular weight excluding hydrogens is 306 g/mol. The topological polar surface area (TPSA) is 80.1 Å². The van der Waals surface area contributed by atoms with E-state index in [1.54, 1.807) is 6.07 Å². The Balaban J connectivity index is 1.47. The second-order valence-corrected chi connectivity index (χ2v) is 6.66. The van der Waals surface area contributed by atoms with Gasteiger partial charge in [-0.2, -0.15) is 0 Å². The van der Waals surface area contributed by atoms with E-state index in [4.69, 9.17) is 9.26 Å². The molecule has 124 valence electrons. The highest BCUT2D eigenvalue weighted by Crippen LogP contribution is 2.45. The van der Waals surface area contributed by atoms with Crippen molar-refractivity contribution >= 4 is 16.8 Å². The van der Waals surface area contributed by atoms with E-state index in [9.17, 15) is 4.79 Å². The second-order valence-electron chi connectivity index (χ2n) is 6.66. The summed E-state index contributed by atoms with van der Waals surface area (Å²) in [6, 6.07) is 9.54. The summed E-state index contributed by atoms with van der Waals surface area (Å²) >= 11 is 0. The summed E-state index contributed by atoms with van der Waals surface area (Å²) in [7, 11) is 0. The largest absolute Gasteiger partial charge is 0.436 e. The number of nitrogens with zero attached hydrogens (tertiary/aromatic N) is 1. The molecule has 1 aromatic carbocycles. The summed E-state index contributed by atoms with van der Waals surface area (Å²) in [5.41, 5.74) is 1.77. The number of aryl methyl sites for hydroxylation is 1. The fraction of sp³-hybridized carbons (Fsp3) is 0.333. The molecule has 4 rings (SSSR count). The lowest BCUT2D eigenvalue weighted by molar-refractivity contribution is -0.125. The summed E-state index contributed by atoms with van der Waals surface area (Å²) in [6.07, 6.45) is 1.96. The van der Waals surface area contributed by atoms with Crippen molar-refractivity contribution in [1.29, 1.82) is 0 Å². The molecule has 2 heterocycles. The number of amides is 1. The van der Waals surface area contributed by atoms with Crippen LogP contribution in [0.1, 0.15) is 31.2 Å². The van der Waals surface area contributed by atoms with E-state index < -0.39 is 0 Å². The van der Waals surface area contributed by atoms with Gasteiger partial charge in [-0.25, -0.2) is 0 Å². The van der Waals surface area contributed by atoms with E-state index in [1.165, 1.54) is 0 Å². The van der Waals surface area contributed by atoms with Gasteiger partial charge in [-0.05, 0) is 48.5 Å². The van der Waals surface area contributed by atoms with Gasteiger partial charge in [0.25, 0.3) is 5.88 Å². The molecule has 1 saturated carbocycles. The number of rotatable bonds is 5. The highest BCUT2D eigenvalue weighted by atomic mass is 16.5. The Labute approximate surface area is 139 Å². The maximum absolute atomic E-state index is 12.0. The van der Waals surface area contributed by atoms with Crippen molar-refractivity contribution in [2.45, 2.75) is 33.2 Å². The first-order valence-electron chi connectivity index (χ1n) is 8.03. The van der Waals surface area contributed by atoms with Gasteiger partial charge in [0, 0.05) is 28.8 Å². The fourth-order valence-corrected chi connectivity index (χ4v) is 2.64. The van der Waals surface area contributed by atoms with Gasteiger partial charge in [-0.15, -0.1) is 0 Å². The molecule has 24 heavy (non-hydrogen) atoms. The summed E-state index contributed by atoms with van der Waals surface area (Å²) in [4.78, 5) is 15.3. The number of nitrogens with one attached hydrogen (secondary N) is 2. The minimum absolute atomic E-state index is 0.131. The number of aromatic amines is 1. The van der Waals surface area contributed by atoms with Crippen LogP contribution in [0, 0.1) is 12.3 Å². The Kier molecular flexibility index (Phi) is 3.33. The minimum Gasteiger partial charge on any atom is -0.436 e. The van der Waals surface area contributed by atoms with E-state index >= 15 is 0 Å². The van der Waals surface area contributed by atoms with Gasteiger partial charge in [0.15, 0.2) is 0 Å². The van der Waals surface area contributed by atoms with Crippen molar-refractivity contribution < 1.29 is 14.1 Å². The van der Waals surface area contributed by atoms with Crippen LogP contribution in [-0.4, -0.2) is 16.0 Å². The first-order chi connectivity index (χ1) is 11.5. The highest BCUT2D eigenvalue weighted by molar-refractivity contribution is 5.85. The van der Waals surface area contributed by atoms with Gasteiger partial charge in [-0.3, -0.25) is 4.79 Å². The summed E-state index contributed by atoms with van der Waals surface area (Å²) < 4.78 is 10.7. The molecule has 6 nitrogen and oxygen atoms in total. The summed E-state index contributed by atoms with van der Waals surface area (Å²) in [5.74, 6) is 1.95. The number of H-pyrrole nitrogens is 1. The quantitative estimate of drug-likeness (QED) is 0.750. The van der Waals surface area contributed by atoms with E-state index in [-0.39, 0.29) is 11.3 Å². The van der Waals surface area contributed by atoms with Gasteiger partial charge in [0.05, 0.1) is 6.54 Å². The van der Waals surface area contributed by atoms with Crippen LogP contribution in [0.15, 0.2) is 34.9 Å². The van der Waals surface area contributed by atoms with Crippen LogP contribution in [0.4, 0.5) is 0 Å². The van der Waals surface area contributed by atoms with Crippen LogP contribution in [0.5, 0.6) is 11.6 Å². The van der Waals surface area contributed by atoms with Gasteiger partial charge >= 0.3 is 0 Å². The van der Waals surface area contributed by atoms with Crippen LogP contribution in [0.3, 0.4) is 0 Å². The number of benzene rings is 1. The lowest BCUT2D eigenvalue weighted by atomic mass is 10.1. The Bertz CT molecular complexity index is 905. The molecule has 1 aliphatic carbocycles. The summed E-state index contributed by atoms with van der Waals surface area (Å²) in [6.45, 7) is 4.32. The SMILES string of the molecule is Cc1cc(Oc2ccc3cc(CNC(=O)C4(C)CC4)[nH]c3c2)no1. The molecule has 0 bridgehead atoms. The number of ether oxygens (including phenoxy) is 1. The van der Waals surface area contributed by atoms with E-state index in [0.29, 0.717) is 23.9 Å². The van der Waals surface area contributed by atoms with Crippen molar-refractivity contribution in [3.8, 4) is 11.6 Å². The normalized spacial score (nSPS) is 15.4. The number of hydrogen-bond donors (Lipinski definition) is 2. The number of hydrogen-bond acceptors (Lipinski definition) is 4. The molecule has 0 aliphatic heterocycles. The van der Waals surface area contributed by atoms with E-state index in [0.717, 1.165) is 29.4 Å². The number of fused-ring (bicyclic) bond motifs is 1. The van der Waals surface area contributed by atoms with Crippen molar-refractivity contribution in [3.05, 3.63) is 41.8 Å². The number of carbonyl (C=O) groups is 1. The molecule has 6 heteroatoms. The number of carbonyl (C=O) groups excluding carboxylic acids is 1. The third-order valence-corrected chi connectivity index (χ3v) is 4.47. The van der Waals surface area contributed by atoms with Gasteiger partial charge in [0.2, 0.25) is 5.91 Å². The lowest BCUT2D eigenvalue weighted by Crippen LogP contribution is -2.29. The molecule has 0 radical (unpaired) electrons. The molecule has 3 aromatic rings. The van der Waals surface area contributed by atoms with Crippen molar-refractivity contribution in [1.82, 2.24) is 15.5 Å². The van der Waals surface area contributed by atoms with E-state index in [2.05, 4.69) is 15.5 Å². The molecule has 2 aromatic heterocycles. The molecule has 1 amide bonds. The van der Waals surface area contributed by atoms with Gasteiger partial charge < -0.3 is 19.6 Å². The predicted octanol–water partition coefficient (Wildman–Crippen LogP) is 3.67. The van der Waals surface area contributed by atoms with Crippen LogP contribution in [0.25, 0.3) is 10.9 Å². The Morgan fingerprint density at radius 3 is 2.92 bits per heavy atom. The van der Waals surface area contributed by atoms with Crippen molar-refractivity contribution in [3.63, 3.8) is 0 Å². The molecule has 0 saturated heterocycles. The number of aromatic nitrogens is 2. The molecule has 1 aliphatic rings. The lowest BCUT2D eigenvalue weighted by Gasteiger charge is -2.08. The maximum Gasteiger partial charge on any atom is 0.259 e. The Morgan fingerprint density at radius 1 is 1.38 bits per heavy atom. The van der Waals surface area contributed by atoms with Crippen LogP contribution in [-0.2, 0) is 11.3 Å². The molecule has 0 unspecified atom stereocenters. The maximum atomic E-state index is 12.0.